The van der Waals surface area contributed by atoms with E-state index in [2.05, 4.69) is 5.32 Å². The van der Waals surface area contributed by atoms with Gasteiger partial charge in [-0.25, -0.2) is 0 Å². The van der Waals surface area contributed by atoms with Crippen LogP contribution >= 0.6 is 0 Å². The van der Waals surface area contributed by atoms with Crippen LogP contribution in [0.4, 0.5) is 18.9 Å². The van der Waals surface area contributed by atoms with E-state index in [1.807, 2.05) is 0 Å². The Kier molecular flexibility index (Phi) is 4.61. The number of nitrogens with zero attached hydrogens (tertiary/aromatic N) is 1. The molecule has 0 saturated heterocycles. The smallest absolute Gasteiger partial charge is 0.373 e. The number of primary amides is 1. The summed E-state index contributed by atoms with van der Waals surface area (Å²) in [5, 5.41) is 11.3. The molecule has 20 heavy (non-hydrogen) atoms. The van der Waals surface area contributed by atoms with Crippen molar-refractivity contribution in [1.82, 2.24) is 0 Å². The highest BCUT2D eigenvalue weighted by atomic mass is 19.4. The molecule has 0 fully saturated rings. The minimum absolute atomic E-state index is 0.0915. The maximum Gasteiger partial charge on any atom is 0.417 e. The SMILES string of the molecule is CC(C)C(Nc1ccc(C#N)c(C(F)(F)F)c1)C(N)=O. The zero-order valence-corrected chi connectivity index (χ0v) is 11.0. The van der Waals surface area contributed by atoms with Gasteiger partial charge in [-0.05, 0) is 24.1 Å². The molecule has 1 unspecified atom stereocenters. The quantitative estimate of drug-likeness (QED) is 0.892. The summed E-state index contributed by atoms with van der Waals surface area (Å²) < 4.78 is 38.4. The third-order valence-corrected chi connectivity index (χ3v) is 2.74. The third kappa shape index (κ3) is 3.63. The van der Waals surface area contributed by atoms with Gasteiger partial charge in [0.25, 0.3) is 0 Å². The second-order valence-corrected chi connectivity index (χ2v) is 4.64. The van der Waals surface area contributed by atoms with E-state index in [-0.39, 0.29) is 11.6 Å². The van der Waals surface area contributed by atoms with Crippen LogP contribution in [0.3, 0.4) is 0 Å². The maximum atomic E-state index is 12.8. The van der Waals surface area contributed by atoms with Gasteiger partial charge in [0, 0.05) is 5.69 Å². The summed E-state index contributed by atoms with van der Waals surface area (Å²) >= 11 is 0. The molecule has 1 amide bonds. The molecule has 1 atom stereocenters. The summed E-state index contributed by atoms with van der Waals surface area (Å²) in [7, 11) is 0. The Morgan fingerprint density at radius 1 is 1.40 bits per heavy atom. The molecule has 0 aliphatic heterocycles. The van der Waals surface area contributed by atoms with Crippen LogP contribution in [0.2, 0.25) is 0 Å². The fourth-order valence-corrected chi connectivity index (χ4v) is 1.71. The lowest BCUT2D eigenvalue weighted by atomic mass is 10.0. The van der Waals surface area contributed by atoms with E-state index < -0.39 is 29.3 Å². The van der Waals surface area contributed by atoms with Gasteiger partial charge in [-0.15, -0.1) is 0 Å². The van der Waals surface area contributed by atoms with Crippen molar-refractivity contribution in [1.29, 1.82) is 5.26 Å². The van der Waals surface area contributed by atoms with Crippen LogP contribution in [-0.2, 0) is 11.0 Å². The number of amides is 1. The number of benzene rings is 1. The molecule has 0 radical (unpaired) electrons. The van der Waals surface area contributed by atoms with E-state index in [0.29, 0.717) is 0 Å². The number of carbonyl (C=O) groups excluding carboxylic acids is 1. The largest absolute Gasteiger partial charge is 0.417 e. The Hall–Kier alpha value is -2.23. The Labute approximate surface area is 114 Å². The van der Waals surface area contributed by atoms with Crippen LogP contribution in [0.5, 0.6) is 0 Å². The highest BCUT2D eigenvalue weighted by Gasteiger charge is 2.34. The van der Waals surface area contributed by atoms with Gasteiger partial charge in [0.05, 0.1) is 17.2 Å². The number of halogens is 3. The minimum Gasteiger partial charge on any atom is -0.373 e. The highest BCUT2D eigenvalue weighted by Crippen LogP contribution is 2.33. The van der Waals surface area contributed by atoms with Gasteiger partial charge in [-0.3, -0.25) is 4.79 Å². The molecule has 0 spiro atoms. The highest BCUT2D eigenvalue weighted by molar-refractivity contribution is 5.83. The molecule has 0 aromatic heterocycles. The van der Waals surface area contributed by atoms with Crippen LogP contribution < -0.4 is 11.1 Å². The van der Waals surface area contributed by atoms with E-state index >= 15 is 0 Å². The van der Waals surface area contributed by atoms with Crippen molar-refractivity contribution in [2.24, 2.45) is 11.7 Å². The van der Waals surface area contributed by atoms with E-state index in [9.17, 15) is 18.0 Å². The van der Waals surface area contributed by atoms with Crippen LogP contribution in [0.15, 0.2) is 18.2 Å². The zero-order chi connectivity index (χ0) is 15.5. The first-order chi connectivity index (χ1) is 9.16. The van der Waals surface area contributed by atoms with E-state index in [4.69, 9.17) is 11.0 Å². The van der Waals surface area contributed by atoms with Crippen LogP contribution in [0.1, 0.15) is 25.0 Å². The van der Waals surface area contributed by atoms with Gasteiger partial charge in [0.15, 0.2) is 0 Å². The lowest BCUT2D eigenvalue weighted by Gasteiger charge is -2.21. The average molecular weight is 285 g/mol. The molecule has 0 bridgehead atoms. The van der Waals surface area contributed by atoms with Crippen molar-refractivity contribution in [3.63, 3.8) is 0 Å². The fourth-order valence-electron chi connectivity index (χ4n) is 1.71. The number of hydrogen-bond donors (Lipinski definition) is 2. The summed E-state index contributed by atoms with van der Waals surface area (Å²) in [5.41, 5.74) is 3.77. The lowest BCUT2D eigenvalue weighted by molar-refractivity contribution is -0.137. The molecule has 1 aromatic rings. The predicted octanol–water partition coefficient (Wildman–Crippen LogP) is 2.50. The van der Waals surface area contributed by atoms with Crippen molar-refractivity contribution in [2.75, 3.05) is 5.32 Å². The monoisotopic (exact) mass is 285 g/mol. The van der Waals surface area contributed by atoms with Crippen LogP contribution in [-0.4, -0.2) is 11.9 Å². The first-order valence-electron chi connectivity index (χ1n) is 5.84. The molecule has 4 nitrogen and oxygen atoms in total. The number of nitriles is 1. The Bertz CT molecular complexity index is 547. The summed E-state index contributed by atoms with van der Waals surface area (Å²) in [6.45, 7) is 3.44. The number of alkyl halides is 3. The molecule has 0 aliphatic carbocycles. The molecule has 1 aromatic carbocycles. The van der Waals surface area contributed by atoms with Crippen molar-refractivity contribution in [2.45, 2.75) is 26.1 Å². The summed E-state index contributed by atoms with van der Waals surface area (Å²) in [6, 6.07) is 3.87. The Morgan fingerprint density at radius 3 is 2.40 bits per heavy atom. The van der Waals surface area contributed by atoms with Gasteiger partial charge in [-0.2, -0.15) is 18.4 Å². The molecule has 108 valence electrons. The zero-order valence-electron chi connectivity index (χ0n) is 11.0. The number of rotatable bonds is 4. The molecule has 3 N–H and O–H groups in total. The molecule has 7 heteroatoms. The van der Waals surface area contributed by atoms with Gasteiger partial charge in [-0.1, -0.05) is 13.8 Å². The normalized spacial score (nSPS) is 12.8. The van der Waals surface area contributed by atoms with Gasteiger partial charge in [0.1, 0.15) is 6.04 Å². The van der Waals surface area contributed by atoms with Crippen molar-refractivity contribution >= 4 is 11.6 Å². The van der Waals surface area contributed by atoms with Crippen LogP contribution in [0, 0.1) is 17.2 Å². The fraction of sp³-hybridized carbons (Fsp3) is 0.385. The Balaban J connectivity index is 3.16. The third-order valence-electron chi connectivity index (χ3n) is 2.74. The molecule has 0 aliphatic rings. The van der Waals surface area contributed by atoms with Gasteiger partial charge < -0.3 is 11.1 Å². The number of carbonyl (C=O) groups is 1. The van der Waals surface area contributed by atoms with Crippen molar-refractivity contribution < 1.29 is 18.0 Å². The average Bonchev–Trinajstić information content (AvgIpc) is 2.33. The van der Waals surface area contributed by atoms with E-state index in [0.717, 1.165) is 12.1 Å². The lowest BCUT2D eigenvalue weighted by Crippen LogP contribution is -2.39. The van der Waals surface area contributed by atoms with Gasteiger partial charge >= 0.3 is 6.18 Å². The number of nitrogens with two attached hydrogens (primary N) is 1. The summed E-state index contributed by atoms with van der Waals surface area (Å²) in [5.74, 6) is -0.838. The molecule has 0 heterocycles. The number of anilines is 1. The standard InChI is InChI=1S/C13H14F3N3O/c1-7(2)11(12(18)20)19-9-4-3-8(6-17)10(5-9)13(14,15)16/h3-5,7,11,19H,1-2H3,(H2,18,20). The molecular weight excluding hydrogens is 271 g/mol. The molecule has 0 saturated carbocycles. The maximum absolute atomic E-state index is 12.8. The predicted molar refractivity (Wildman–Crippen MR) is 67.6 cm³/mol. The number of hydrogen-bond acceptors (Lipinski definition) is 3. The van der Waals surface area contributed by atoms with Crippen LogP contribution in [0.25, 0.3) is 0 Å². The molecule has 1 rings (SSSR count). The topological polar surface area (TPSA) is 78.9 Å². The molecular formula is C13H14F3N3O. The summed E-state index contributed by atoms with van der Waals surface area (Å²) in [6.07, 6.45) is -4.64. The first-order valence-corrected chi connectivity index (χ1v) is 5.84. The Morgan fingerprint density at radius 2 is 2.00 bits per heavy atom. The number of nitrogens with one attached hydrogen (secondary N) is 1. The second-order valence-electron chi connectivity index (χ2n) is 4.64. The first kappa shape index (κ1) is 15.8. The minimum atomic E-state index is -4.64. The van der Waals surface area contributed by atoms with Gasteiger partial charge in [0.2, 0.25) is 5.91 Å². The van der Waals surface area contributed by atoms with E-state index in [1.165, 1.54) is 12.1 Å². The summed E-state index contributed by atoms with van der Waals surface area (Å²) in [4.78, 5) is 11.2. The van der Waals surface area contributed by atoms with E-state index in [1.54, 1.807) is 13.8 Å². The second kappa shape index (κ2) is 5.82. The van der Waals surface area contributed by atoms with Crippen molar-refractivity contribution in [3.8, 4) is 6.07 Å². The van der Waals surface area contributed by atoms with Crippen molar-refractivity contribution in [3.05, 3.63) is 29.3 Å².